The average Bonchev–Trinajstić information content (AvgIpc) is 3.27. The average molecular weight is 414 g/mol. The second kappa shape index (κ2) is 10.9. The number of nitrogens with zero attached hydrogens (tertiary/aromatic N) is 3. The number of aliphatic imine (C=N–C) groups is 1. The lowest BCUT2D eigenvalue weighted by molar-refractivity contribution is -0.127. The Morgan fingerprint density at radius 3 is 2.59 bits per heavy atom. The van der Waals surface area contributed by atoms with Crippen LogP contribution in [0, 0.1) is 0 Å². The summed E-state index contributed by atoms with van der Waals surface area (Å²) < 4.78 is 0. The van der Waals surface area contributed by atoms with Crippen molar-refractivity contribution in [1.82, 2.24) is 15.5 Å². The molecule has 2 aromatic rings. The first-order valence-electron chi connectivity index (χ1n) is 10.2. The van der Waals surface area contributed by atoms with Crippen LogP contribution in [-0.4, -0.2) is 63.1 Å². The third kappa shape index (κ3) is 6.78. The quantitative estimate of drug-likeness (QED) is 0.541. The summed E-state index contributed by atoms with van der Waals surface area (Å²) in [7, 11) is 3.52. The molecule has 7 heteroatoms. The Hall–Kier alpha value is -2.54. The molecule has 2 N–H and O–H groups in total. The molecule has 0 saturated carbocycles. The molecule has 2 heterocycles. The van der Waals surface area contributed by atoms with Gasteiger partial charge in [0.05, 0.1) is 5.00 Å². The third-order valence-electron chi connectivity index (χ3n) is 5.07. The summed E-state index contributed by atoms with van der Waals surface area (Å²) in [6.45, 7) is 3.00. The Balaban J connectivity index is 1.53. The minimum Gasteiger partial charge on any atom is -0.363 e. The molecule has 1 aromatic carbocycles. The molecule has 0 unspecified atom stereocenters. The first-order chi connectivity index (χ1) is 14.1. The van der Waals surface area contributed by atoms with Gasteiger partial charge < -0.3 is 20.4 Å². The topological polar surface area (TPSA) is 60.0 Å². The van der Waals surface area contributed by atoms with Gasteiger partial charge in [0.25, 0.3) is 0 Å². The van der Waals surface area contributed by atoms with Crippen molar-refractivity contribution >= 4 is 28.2 Å². The molecule has 29 heavy (non-hydrogen) atoms. The molecule has 0 bridgehead atoms. The number of thiophene rings is 1. The van der Waals surface area contributed by atoms with Crippen molar-refractivity contribution in [3.05, 3.63) is 53.4 Å². The number of nitrogens with one attached hydrogen (secondary N) is 2. The Kier molecular flexibility index (Phi) is 7.93. The first-order valence-corrected chi connectivity index (χ1v) is 11.1. The molecule has 3 rings (SSSR count). The van der Waals surface area contributed by atoms with Crippen LogP contribution in [0.25, 0.3) is 0 Å². The number of hydrogen-bond donors (Lipinski definition) is 2. The zero-order chi connectivity index (χ0) is 20.5. The molecular formula is C22H31N5OS. The number of carbonyl (C=O) groups excluding carboxylic acids is 1. The number of guanidine groups is 1. The van der Waals surface area contributed by atoms with E-state index in [1.165, 1.54) is 10.6 Å². The molecule has 1 aromatic heterocycles. The number of piperidine rings is 1. The lowest BCUT2D eigenvalue weighted by Crippen LogP contribution is -2.49. The standard InChI is InChI=1S/C22H31N5OS/c1-26(2)20(28)17-24-22(23-13-10-18-7-4-3-5-8-18)25-19-11-14-27(15-12-19)21-9-6-16-29-21/h3-9,16,19H,10-15,17H2,1-2H3,(H2,23,24,25). The second-order valence-corrected chi connectivity index (χ2v) is 8.40. The van der Waals surface area contributed by atoms with Gasteiger partial charge in [0, 0.05) is 39.8 Å². The normalized spacial score (nSPS) is 15.2. The summed E-state index contributed by atoms with van der Waals surface area (Å²) in [5.41, 5.74) is 1.29. The van der Waals surface area contributed by atoms with Crippen LogP contribution >= 0.6 is 11.3 Å². The van der Waals surface area contributed by atoms with Crippen LogP contribution in [0.4, 0.5) is 5.00 Å². The van der Waals surface area contributed by atoms with Crippen molar-refractivity contribution in [1.29, 1.82) is 0 Å². The minimum absolute atomic E-state index is 0.00155. The largest absolute Gasteiger partial charge is 0.363 e. The summed E-state index contributed by atoms with van der Waals surface area (Å²) in [6, 6.07) is 15.0. The Morgan fingerprint density at radius 2 is 1.93 bits per heavy atom. The van der Waals surface area contributed by atoms with Crippen LogP contribution in [0.15, 0.2) is 52.8 Å². The van der Waals surface area contributed by atoms with E-state index in [4.69, 9.17) is 0 Å². The van der Waals surface area contributed by atoms with E-state index < -0.39 is 0 Å². The lowest BCUT2D eigenvalue weighted by atomic mass is 10.1. The predicted octanol–water partition coefficient (Wildman–Crippen LogP) is 2.58. The van der Waals surface area contributed by atoms with E-state index in [-0.39, 0.29) is 12.5 Å². The molecule has 156 valence electrons. The fourth-order valence-electron chi connectivity index (χ4n) is 3.30. The Morgan fingerprint density at radius 1 is 1.17 bits per heavy atom. The molecule has 1 aliphatic heterocycles. The second-order valence-electron chi connectivity index (χ2n) is 7.47. The highest BCUT2D eigenvalue weighted by Gasteiger charge is 2.21. The zero-order valence-electron chi connectivity index (χ0n) is 17.3. The fraction of sp³-hybridized carbons (Fsp3) is 0.455. The van der Waals surface area contributed by atoms with Crippen molar-refractivity contribution in [2.24, 2.45) is 4.99 Å². The Bertz CT molecular complexity index is 768. The molecule has 1 fully saturated rings. The predicted molar refractivity (Wildman–Crippen MR) is 122 cm³/mol. The van der Waals surface area contributed by atoms with E-state index in [9.17, 15) is 4.79 Å². The molecule has 0 atom stereocenters. The molecule has 1 amide bonds. The number of likely N-dealkylation sites (N-methyl/N-ethyl adjacent to an activating group) is 1. The third-order valence-corrected chi connectivity index (χ3v) is 6.00. The minimum atomic E-state index is 0.00155. The maximum absolute atomic E-state index is 12.0. The van der Waals surface area contributed by atoms with Gasteiger partial charge in [0.1, 0.15) is 6.54 Å². The van der Waals surface area contributed by atoms with Gasteiger partial charge in [-0.3, -0.25) is 4.79 Å². The SMILES string of the molecule is CN(C)C(=O)CN=C(NCCc1ccccc1)NC1CCN(c2cccs2)CC1. The molecular weight excluding hydrogens is 382 g/mol. The van der Waals surface area contributed by atoms with Gasteiger partial charge in [-0.2, -0.15) is 0 Å². The van der Waals surface area contributed by atoms with E-state index in [1.54, 1.807) is 30.3 Å². The van der Waals surface area contributed by atoms with Gasteiger partial charge in [-0.25, -0.2) is 4.99 Å². The summed E-state index contributed by atoms with van der Waals surface area (Å²) >= 11 is 1.79. The zero-order valence-corrected chi connectivity index (χ0v) is 18.1. The van der Waals surface area contributed by atoms with Gasteiger partial charge in [-0.1, -0.05) is 30.3 Å². The number of amides is 1. The fourth-order valence-corrected chi connectivity index (χ4v) is 4.08. The monoisotopic (exact) mass is 413 g/mol. The summed E-state index contributed by atoms with van der Waals surface area (Å²) in [5.74, 6) is 0.729. The van der Waals surface area contributed by atoms with Gasteiger partial charge >= 0.3 is 0 Å². The van der Waals surface area contributed by atoms with Crippen molar-refractivity contribution in [3.63, 3.8) is 0 Å². The number of anilines is 1. The number of hydrogen-bond acceptors (Lipinski definition) is 4. The van der Waals surface area contributed by atoms with Crippen molar-refractivity contribution < 1.29 is 4.79 Å². The van der Waals surface area contributed by atoms with Crippen molar-refractivity contribution in [2.45, 2.75) is 25.3 Å². The molecule has 0 radical (unpaired) electrons. The van der Waals surface area contributed by atoms with Crippen LogP contribution in [0.1, 0.15) is 18.4 Å². The number of benzene rings is 1. The molecule has 0 spiro atoms. The van der Waals surface area contributed by atoms with Gasteiger partial charge in [0.2, 0.25) is 5.91 Å². The van der Waals surface area contributed by atoms with Crippen LogP contribution in [0.2, 0.25) is 0 Å². The molecule has 1 saturated heterocycles. The summed E-state index contributed by atoms with van der Waals surface area (Å²) in [6.07, 6.45) is 3.03. The smallest absolute Gasteiger partial charge is 0.243 e. The number of carbonyl (C=O) groups is 1. The highest BCUT2D eigenvalue weighted by molar-refractivity contribution is 7.14. The summed E-state index contributed by atoms with van der Waals surface area (Å²) in [4.78, 5) is 20.5. The Labute approximate surface area is 177 Å². The van der Waals surface area contributed by atoms with Crippen LogP contribution in [-0.2, 0) is 11.2 Å². The molecule has 1 aliphatic rings. The highest BCUT2D eigenvalue weighted by Crippen LogP contribution is 2.24. The molecule has 0 aliphatic carbocycles. The van der Waals surface area contributed by atoms with Crippen LogP contribution in [0.5, 0.6) is 0 Å². The van der Waals surface area contributed by atoms with E-state index >= 15 is 0 Å². The van der Waals surface area contributed by atoms with E-state index in [0.29, 0.717) is 6.04 Å². The first kappa shape index (κ1) is 21.2. The maximum atomic E-state index is 12.0. The van der Waals surface area contributed by atoms with Gasteiger partial charge in [0.15, 0.2) is 5.96 Å². The van der Waals surface area contributed by atoms with Gasteiger partial charge in [-0.05, 0) is 42.3 Å². The van der Waals surface area contributed by atoms with Crippen molar-refractivity contribution in [2.75, 3.05) is 45.2 Å². The van der Waals surface area contributed by atoms with Crippen LogP contribution < -0.4 is 15.5 Å². The van der Waals surface area contributed by atoms with Gasteiger partial charge in [-0.15, -0.1) is 11.3 Å². The van der Waals surface area contributed by atoms with Crippen molar-refractivity contribution in [3.8, 4) is 0 Å². The maximum Gasteiger partial charge on any atom is 0.243 e. The van der Waals surface area contributed by atoms with E-state index in [1.807, 2.05) is 6.07 Å². The molecule has 6 nitrogen and oxygen atoms in total. The van der Waals surface area contributed by atoms with E-state index in [0.717, 1.165) is 44.9 Å². The lowest BCUT2D eigenvalue weighted by Gasteiger charge is -2.33. The van der Waals surface area contributed by atoms with Crippen LogP contribution in [0.3, 0.4) is 0 Å². The summed E-state index contributed by atoms with van der Waals surface area (Å²) in [5, 5.41) is 10.4. The number of rotatable bonds is 7. The van der Waals surface area contributed by atoms with E-state index in [2.05, 4.69) is 62.3 Å². The highest BCUT2D eigenvalue weighted by atomic mass is 32.1.